The van der Waals surface area contributed by atoms with Crippen molar-refractivity contribution >= 4 is 27.5 Å². The van der Waals surface area contributed by atoms with Crippen molar-refractivity contribution in [3.8, 4) is 0 Å². The number of benzene rings is 2. The molecule has 1 atom stereocenters. The van der Waals surface area contributed by atoms with Gasteiger partial charge in [0.05, 0.1) is 5.69 Å². The van der Waals surface area contributed by atoms with Gasteiger partial charge in [0.1, 0.15) is 0 Å². The molecule has 0 aliphatic rings. The zero-order valence-electron chi connectivity index (χ0n) is 8.27. The molecular weight excluding hydrogens is 210 g/mol. The van der Waals surface area contributed by atoms with Crippen LogP contribution in [0.15, 0.2) is 42.5 Å². The first-order valence-corrected chi connectivity index (χ1v) is 6.00. The Labute approximate surface area is 90.7 Å². The van der Waals surface area contributed by atoms with E-state index in [0.717, 1.165) is 16.5 Å². The van der Waals surface area contributed by atoms with Gasteiger partial charge < -0.3 is 0 Å². The molecule has 2 aromatic rings. The molecule has 0 aliphatic carbocycles. The molecule has 0 aliphatic heterocycles. The summed E-state index contributed by atoms with van der Waals surface area (Å²) in [6.45, 7) is 0. The quantitative estimate of drug-likeness (QED) is 0.809. The highest BCUT2D eigenvalue weighted by Crippen LogP contribution is 2.22. The molecule has 0 amide bonds. The van der Waals surface area contributed by atoms with Crippen LogP contribution in [0.25, 0.3) is 10.8 Å². The summed E-state index contributed by atoms with van der Waals surface area (Å²) in [6.07, 6.45) is 1.47. The summed E-state index contributed by atoms with van der Waals surface area (Å²) >= 11 is -1.32. The van der Waals surface area contributed by atoms with E-state index in [1.54, 1.807) is 0 Å². The average molecular weight is 221 g/mol. The smallest absolute Gasteiger partial charge is 0.176 e. The van der Waals surface area contributed by atoms with Crippen LogP contribution >= 0.6 is 0 Å². The van der Waals surface area contributed by atoms with Gasteiger partial charge in [0.15, 0.2) is 11.1 Å². The molecule has 0 radical (unpaired) electrons. The third-order valence-corrected chi connectivity index (χ3v) is 2.38. The van der Waals surface area contributed by atoms with Crippen molar-refractivity contribution in [1.29, 1.82) is 0 Å². The fourth-order valence-electron chi connectivity index (χ4n) is 1.42. The van der Waals surface area contributed by atoms with E-state index in [2.05, 4.69) is 5.48 Å². The molecule has 4 heteroatoms. The van der Waals surface area contributed by atoms with Crippen LogP contribution in [0.5, 0.6) is 0 Å². The third kappa shape index (κ3) is 2.34. The molecule has 0 saturated carbocycles. The number of fused-ring (bicyclic) bond motifs is 1. The Kier molecular flexibility index (Phi) is 2.99. The molecule has 0 bridgehead atoms. The van der Waals surface area contributed by atoms with Crippen LogP contribution < -0.4 is 5.48 Å². The molecule has 78 valence electrons. The zero-order chi connectivity index (χ0) is 10.7. The number of nitrogens with one attached hydrogen (secondary N) is 1. The van der Waals surface area contributed by atoms with E-state index in [9.17, 15) is 4.21 Å². The highest BCUT2D eigenvalue weighted by Gasteiger charge is 1.99. The molecular formula is C11H11NO2S. The van der Waals surface area contributed by atoms with Crippen molar-refractivity contribution < 1.29 is 8.49 Å². The van der Waals surface area contributed by atoms with Crippen molar-refractivity contribution in [3.63, 3.8) is 0 Å². The highest BCUT2D eigenvalue weighted by molar-refractivity contribution is 7.79. The summed E-state index contributed by atoms with van der Waals surface area (Å²) in [5.41, 5.74) is 3.51. The van der Waals surface area contributed by atoms with E-state index >= 15 is 0 Å². The van der Waals surface area contributed by atoms with Gasteiger partial charge in [-0.05, 0) is 11.5 Å². The maximum Gasteiger partial charge on any atom is 0.176 e. The zero-order valence-corrected chi connectivity index (χ0v) is 9.08. The van der Waals surface area contributed by atoms with Gasteiger partial charge in [0, 0.05) is 11.6 Å². The van der Waals surface area contributed by atoms with Gasteiger partial charge in [-0.3, -0.25) is 5.48 Å². The van der Waals surface area contributed by atoms with Crippen LogP contribution in [-0.4, -0.2) is 10.5 Å². The summed E-state index contributed by atoms with van der Waals surface area (Å²) in [5, 5.41) is 2.17. The molecule has 0 saturated heterocycles. The van der Waals surface area contributed by atoms with Gasteiger partial charge in [-0.15, -0.1) is 0 Å². The van der Waals surface area contributed by atoms with Crippen molar-refractivity contribution in [2.75, 3.05) is 11.7 Å². The van der Waals surface area contributed by atoms with E-state index in [4.69, 9.17) is 4.28 Å². The highest BCUT2D eigenvalue weighted by atomic mass is 32.2. The maximum absolute atomic E-state index is 10.8. The first kappa shape index (κ1) is 10.1. The molecule has 1 unspecified atom stereocenters. The number of hydrogen-bond acceptors (Lipinski definition) is 3. The first-order chi connectivity index (χ1) is 7.27. The minimum Gasteiger partial charge on any atom is -0.251 e. The Balaban J connectivity index is 2.38. The summed E-state index contributed by atoms with van der Waals surface area (Å²) in [4.78, 5) is 0. The lowest BCUT2D eigenvalue weighted by atomic mass is 10.1. The lowest BCUT2D eigenvalue weighted by molar-refractivity contribution is 0.441. The van der Waals surface area contributed by atoms with Crippen molar-refractivity contribution in [2.24, 2.45) is 0 Å². The SMILES string of the molecule is CS(=O)ONc1cccc2ccccc12. The molecule has 0 heterocycles. The molecule has 1 N–H and O–H groups in total. The Morgan fingerprint density at radius 1 is 1.13 bits per heavy atom. The largest absolute Gasteiger partial charge is 0.251 e. The summed E-state index contributed by atoms with van der Waals surface area (Å²) in [7, 11) is 0. The second-order valence-electron chi connectivity index (χ2n) is 3.11. The van der Waals surface area contributed by atoms with Gasteiger partial charge in [-0.1, -0.05) is 36.4 Å². The first-order valence-electron chi connectivity index (χ1n) is 4.52. The van der Waals surface area contributed by atoms with Crippen molar-refractivity contribution in [1.82, 2.24) is 0 Å². The Morgan fingerprint density at radius 3 is 2.67 bits per heavy atom. The molecule has 2 aromatic carbocycles. The van der Waals surface area contributed by atoms with Crippen LogP contribution in [-0.2, 0) is 15.4 Å². The summed E-state index contributed by atoms with van der Waals surface area (Å²) in [5.74, 6) is 0. The van der Waals surface area contributed by atoms with E-state index in [1.807, 2.05) is 42.5 Å². The topological polar surface area (TPSA) is 38.3 Å². The van der Waals surface area contributed by atoms with Gasteiger partial charge in [0.25, 0.3) is 0 Å². The van der Waals surface area contributed by atoms with E-state index < -0.39 is 11.1 Å². The minimum atomic E-state index is -1.32. The van der Waals surface area contributed by atoms with Crippen LogP contribution in [0.4, 0.5) is 5.69 Å². The average Bonchev–Trinajstić information content (AvgIpc) is 2.26. The van der Waals surface area contributed by atoms with Gasteiger partial charge in [-0.2, -0.15) is 4.28 Å². The second-order valence-corrected chi connectivity index (χ2v) is 4.08. The predicted octanol–water partition coefficient (Wildman–Crippen LogP) is 2.48. The van der Waals surface area contributed by atoms with Crippen LogP contribution in [0.3, 0.4) is 0 Å². The van der Waals surface area contributed by atoms with Gasteiger partial charge >= 0.3 is 0 Å². The normalized spacial score (nSPS) is 12.6. The fraction of sp³-hybridized carbons (Fsp3) is 0.0909. The molecule has 0 aromatic heterocycles. The lowest BCUT2D eigenvalue weighted by Gasteiger charge is -2.07. The predicted molar refractivity (Wildman–Crippen MR) is 62.7 cm³/mol. The van der Waals surface area contributed by atoms with Gasteiger partial charge in [0.2, 0.25) is 0 Å². The summed E-state index contributed by atoms with van der Waals surface area (Å²) < 4.78 is 15.6. The standard InChI is InChI=1S/C11H11NO2S/c1-15(13)14-12-11-8-4-6-9-5-2-3-7-10(9)11/h2-8,12H,1H3. The van der Waals surface area contributed by atoms with Gasteiger partial charge in [-0.25, -0.2) is 4.21 Å². The lowest BCUT2D eigenvalue weighted by Crippen LogP contribution is -2.03. The Bertz CT molecular complexity index is 493. The number of rotatable bonds is 3. The third-order valence-electron chi connectivity index (χ3n) is 2.06. The summed E-state index contributed by atoms with van der Waals surface area (Å²) in [6, 6.07) is 13.8. The number of anilines is 1. The van der Waals surface area contributed by atoms with E-state index in [0.29, 0.717) is 0 Å². The fourth-order valence-corrected chi connectivity index (χ4v) is 1.63. The second kappa shape index (κ2) is 4.42. The van der Waals surface area contributed by atoms with E-state index in [1.165, 1.54) is 6.26 Å². The Hall–Kier alpha value is -1.39. The van der Waals surface area contributed by atoms with Crippen LogP contribution in [0, 0.1) is 0 Å². The molecule has 2 rings (SSSR count). The molecule has 0 spiro atoms. The maximum atomic E-state index is 10.8. The van der Waals surface area contributed by atoms with E-state index in [-0.39, 0.29) is 0 Å². The molecule has 15 heavy (non-hydrogen) atoms. The number of hydrogen-bond donors (Lipinski definition) is 1. The van der Waals surface area contributed by atoms with Crippen molar-refractivity contribution in [2.45, 2.75) is 0 Å². The monoisotopic (exact) mass is 221 g/mol. The van der Waals surface area contributed by atoms with Crippen LogP contribution in [0.2, 0.25) is 0 Å². The molecule has 0 fully saturated rings. The Morgan fingerprint density at radius 2 is 1.87 bits per heavy atom. The van der Waals surface area contributed by atoms with Crippen LogP contribution in [0.1, 0.15) is 0 Å². The minimum absolute atomic E-state index is 0.823. The molecule has 3 nitrogen and oxygen atoms in total. The van der Waals surface area contributed by atoms with Crippen molar-refractivity contribution in [3.05, 3.63) is 42.5 Å².